The van der Waals surface area contributed by atoms with E-state index in [4.69, 9.17) is 16.7 Å². The summed E-state index contributed by atoms with van der Waals surface area (Å²) in [4.78, 5) is 10.1. The number of hydrogen-bond acceptors (Lipinski definition) is 3. The molecule has 0 unspecified atom stereocenters. The second kappa shape index (κ2) is 5.57. The Kier molecular flexibility index (Phi) is 4.37. The first kappa shape index (κ1) is 13.4. The van der Waals surface area contributed by atoms with Gasteiger partial charge in [0.2, 0.25) is 9.84 Å². The minimum atomic E-state index is -3.73. The van der Waals surface area contributed by atoms with E-state index in [1.54, 1.807) is 0 Å². The van der Waals surface area contributed by atoms with E-state index in [0.29, 0.717) is 5.02 Å². The van der Waals surface area contributed by atoms with Crippen LogP contribution >= 0.6 is 11.6 Å². The van der Waals surface area contributed by atoms with Crippen LogP contribution in [0.5, 0.6) is 0 Å². The minimum Gasteiger partial charge on any atom is -0.465 e. The third-order valence-electron chi connectivity index (χ3n) is 1.66. The van der Waals surface area contributed by atoms with Gasteiger partial charge < -0.3 is 10.4 Å². The predicted molar refractivity (Wildman–Crippen MR) is 62.4 cm³/mol. The molecule has 0 saturated heterocycles. The van der Waals surface area contributed by atoms with Crippen LogP contribution in [0.15, 0.2) is 29.2 Å². The molecule has 1 amide bonds. The topological polar surface area (TPSA) is 83.5 Å². The van der Waals surface area contributed by atoms with Crippen LogP contribution in [0.1, 0.15) is 0 Å². The summed E-state index contributed by atoms with van der Waals surface area (Å²) in [6.45, 7) is -0.248. The lowest BCUT2D eigenvalue weighted by molar-refractivity contribution is 0.196. The highest BCUT2D eigenvalue weighted by atomic mass is 35.5. The molecule has 90 valence electrons. The molecule has 0 aliphatic heterocycles. The zero-order valence-corrected chi connectivity index (χ0v) is 10.0. The van der Waals surface area contributed by atoms with Crippen molar-refractivity contribution < 1.29 is 18.3 Å². The van der Waals surface area contributed by atoms with Gasteiger partial charge in [-0.05, 0) is 24.3 Å². The molecule has 1 rings (SSSR count). The second-order valence-corrected chi connectivity index (χ2v) is 5.01. The summed E-state index contributed by atoms with van der Waals surface area (Å²) in [6.07, 6.45) is -1.26. The molecule has 17 heavy (non-hydrogen) atoms. The van der Waals surface area contributed by atoms with Crippen LogP contribution in [0.3, 0.4) is 0 Å². The van der Waals surface area contributed by atoms with Crippen molar-refractivity contribution in [1.82, 2.24) is 5.32 Å². The van der Waals surface area contributed by atoms with Crippen LogP contribution in [0.2, 0.25) is 5.02 Å². The molecule has 1 aromatic rings. The molecule has 0 aliphatic carbocycles. The van der Waals surface area contributed by atoms with Crippen LogP contribution < -0.4 is 5.32 Å². The molecule has 1 aromatic carbocycles. The normalized spacial score (nSPS) is 10.2. The maximum atomic E-state index is 11.6. The van der Waals surface area contributed by atoms with Gasteiger partial charge in [-0.2, -0.15) is 0 Å². The highest BCUT2D eigenvalue weighted by Gasteiger charge is 2.09. The number of nitrogens with one attached hydrogen (secondary N) is 1. The summed E-state index contributed by atoms with van der Waals surface area (Å²) in [5.74, 6) is 2.21. The number of halogens is 1. The van der Waals surface area contributed by atoms with Gasteiger partial charge in [-0.25, -0.2) is 13.2 Å². The Morgan fingerprint density at radius 1 is 1.35 bits per heavy atom. The van der Waals surface area contributed by atoms with Gasteiger partial charge >= 0.3 is 6.09 Å². The zero-order valence-electron chi connectivity index (χ0n) is 8.47. The third kappa shape index (κ3) is 4.34. The molecule has 0 aliphatic rings. The Morgan fingerprint density at radius 3 is 2.47 bits per heavy atom. The van der Waals surface area contributed by atoms with Crippen LogP contribution in [-0.4, -0.2) is 26.2 Å². The number of sulfone groups is 1. The van der Waals surface area contributed by atoms with Crippen LogP contribution in [0.4, 0.5) is 4.79 Å². The first-order valence-electron chi connectivity index (χ1n) is 4.39. The van der Waals surface area contributed by atoms with E-state index < -0.39 is 15.9 Å². The molecule has 2 N–H and O–H groups in total. The molecule has 0 heterocycles. The van der Waals surface area contributed by atoms with Gasteiger partial charge in [-0.1, -0.05) is 17.5 Å². The Labute approximate surface area is 103 Å². The van der Waals surface area contributed by atoms with Crippen molar-refractivity contribution in [3.63, 3.8) is 0 Å². The quantitative estimate of drug-likeness (QED) is 0.629. The molecule has 0 bridgehead atoms. The molecule has 0 spiro atoms. The fourth-order valence-corrected chi connectivity index (χ4v) is 1.92. The van der Waals surface area contributed by atoms with E-state index >= 15 is 0 Å². The van der Waals surface area contributed by atoms with E-state index in [1.165, 1.54) is 24.3 Å². The average Bonchev–Trinajstić information content (AvgIpc) is 2.25. The molecular formula is C10H8ClNO4S. The van der Waals surface area contributed by atoms with Gasteiger partial charge in [0, 0.05) is 10.3 Å². The van der Waals surface area contributed by atoms with Gasteiger partial charge in [0.05, 0.1) is 11.4 Å². The second-order valence-electron chi connectivity index (χ2n) is 2.89. The average molecular weight is 274 g/mol. The van der Waals surface area contributed by atoms with Gasteiger partial charge in [0.25, 0.3) is 0 Å². The molecule has 7 heteroatoms. The molecule has 5 nitrogen and oxygen atoms in total. The Bertz CT molecular complexity index is 569. The molecular weight excluding hydrogens is 266 g/mol. The molecule has 0 fully saturated rings. The van der Waals surface area contributed by atoms with Crippen molar-refractivity contribution in [2.24, 2.45) is 0 Å². The number of carbonyl (C=O) groups is 1. The fourth-order valence-electron chi connectivity index (χ4n) is 0.924. The summed E-state index contributed by atoms with van der Waals surface area (Å²) in [7, 11) is -3.73. The van der Waals surface area contributed by atoms with Crippen molar-refractivity contribution in [2.45, 2.75) is 4.90 Å². The van der Waals surface area contributed by atoms with E-state index in [2.05, 4.69) is 5.92 Å². The summed E-state index contributed by atoms with van der Waals surface area (Å²) in [5.41, 5.74) is 0. The maximum absolute atomic E-state index is 11.6. The third-order valence-corrected chi connectivity index (χ3v) is 3.22. The van der Waals surface area contributed by atoms with Crippen LogP contribution in [-0.2, 0) is 9.84 Å². The summed E-state index contributed by atoms with van der Waals surface area (Å²) >= 11 is 5.62. The summed E-state index contributed by atoms with van der Waals surface area (Å²) in [6, 6.07) is 5.53. The van der Waals surface area contributed by atoms with Gasteiger partial charge in [-0.15, -0.1) is 0 Å². The predicted octanol–water partition coefficient (Wildman–Crippen LogP) is 1.34. The smallest absolute Gasteiger partial charge is 0.405 e. The van der Waals surface area contributed by atoms with Gasteiger partial charge in [0.15, 0.2) is 0 Å². The SMILES string of the molecule is O=C(O)NCC#CS(=O)(=O)c1ccc(Cl)cc1. The summed E-state index contributed by atoms with van der Waals surface area (Å²) in [5, 5.41) is 12.6. The standard InChI is InChI=1S/C10H8ClNO4S/c11-8-2-4-9(5-3-8)17(15,16)7-1-6-12-10(13)14/h2-5,12H,6H2,(H,13,14). The lowest BCUT2D eigenvalue weighted by Crippen LogP contribution is -2.20. The zero-order chi connectivity index (χ0) is 12.9. The van der Waals surface area contributed by atoms with Gasteiger partial charge in [0.1, 0.15) is 0 Å². The van der Waals surface area contributed by atoms with E-state index in [1.807, 2.05) is 10.6 Å². The van der Waals surface area contributed by atoms with Crippen molar-refractivity contribution in [3.05, 3.63) is 29.3 Å². The Morgan fingerprint density at radius 2 is 1.94 bits per heavy atom. The molecule has 0 saturated carbocycles. The van der Waals surface area contributed by atoms with Crippen LogP contribution in [0.25, 0.3) is 0 Å². The lowest BCUT2D eigenvalue weighted by Gasteiger charge is -1.96. The van der Waals surface area contributed by atoms with Gasteiger partial charge in [-0.3, -0.25) is 0 Å². The minimum absolute atomic E-state index is 0.0183. The number of carboxylic acid groups (broad SMARTS) is 1. The van der Waals surface area contributed by atoms with E-state index in [0.717, 1.165) is 0 Å². The Hall–Kier alpha value is -1.71. The van der Waals surface area contributed by atoms with Crippen LogP contribution in [0, 0.1) is 11.2 Å². The molecule has 0 atom stereocenters. The number of benzene rings is 1. The lowest BCUT2D eigenvalue weighted by atomic mass is 10.4. The highest BCUT2D eigenvalue weighted by molar-refractivity contribution is 7.96. The number of amides is 1. The van der Waals surface area contributed by atoms with Crippen molar-refractivity contribution in [2.75, 3.05) is 6.54 Å². The number of rotatable bonds is 2. The van der Waals surface area contributed by atoms with Crippen molar-refractivity contribution in [3.8, 4) is 11.2 Å². The van der Waals surface area contributed by atoms with E-state index in [-0.39, 0.29) is 11.4 Å². The van der Waals surface area contributed by atoms with Crippen molar-refractivity contribution in [1.29, 1.82) is 0 Å². The maximum Gasteiger partial charge on any atom is 0.405 e. The summed E-state index contributed by atoms with van der Waals surface area (Å²) < 4.78 is 23.2. The first-order chi connectivity index (χ1) is 7.92. The van der Waals surface area contributed by atoms with E-state index in [9.17, 15) is 13.2 Å². The monoisotopic (exact) mass is 273 g/mol. The highest BCUT2D eigenvalue weighted by Crippen LogP contribution is 2.14. The Balaban J connectivity index is 2.82. The first-order valence-corrected chi connectivity index (χ1v) is 6.25. The largest absolute Gasteiger partial charge is 0.465 e. The molecule has 0 aromatic heterocycles. The molecule has 0 radical (unpaired) electrons. The number of hydrogen-bond donors (Lipinski definition) is 2. The van der Waals surface area contributed by atoms with Crippen molar-refractivity contribution >= 4 is 27.5 Å². The fraction of sp³-hybridized carbons (Fsp3) is 0.100.